The van der Waals surface area contributed by atoms with Crippen LogP contribution in [0.25, 0.3) is 0 Å². The fourth-order valence-electron chi connectivity index (χ4n) is 2.98. The van der Waals surface area contributed by atoms with Crippen molar-refractivity contribution in [1.82, 2.24) is 20.1 Å². The van der Waals surface area contributed by atoms with E-state index in [1.807, 2.05) is 30.3 Å². The van der Waals surface area contributed by atoms with Crippen LogP contribution in [0.5, 0.6) is 0 Å². The number of hydrogen-bond donors (Lipinski definition) is 1. The first-order valence-electron chi connectivity index (χ1n) is 9.11. The Kier molecular flexibility index (Phi) is 6.68. The molecule has 6 nitrogen and oxygen atoms in total. The van der Waals surface area contributed by atoms with Gasteiger partial charge in [-0.2, -0.15) is 0 Å². The number of benzene rings is 1. The van der Waals surface area contributed by atoms with E-state index in [0.717, 1.165) is 42.5 Å². The van der Waals surface area contributed by atoms with Crippen molar-refractivity contribution in [2.75, 3.05) is 12.4 Å². The van der Waals surface area contributed by atoms with Gasteiger partial charge in [-0.1, -0.05) is 55.9 Å². The number of carbonyl (C=O) groups excluding carboxylic acids is 1. The Morgan fingerprint density at radius 1 is 1.35 bits per heavy atom. The summed E-state index contributed by atoms with van der Waals surface area (Å²) >= 11 is 1.43. The van der Waals surface area contributed by atoms with Gasteiger partial charge in [0.1, 0.15) is 5.82 Å². The third-order valence-electron chi connectivity index (χ3n) is 4.34. The molecule has 1 aromatic heterocycles. The molecule has 2 aromatic rings. The second-order valence-corrected chi connectivity index (χ2v) is 7.73. The maximum absolute atomic E-state index is 12.2. The van der Waals surface area contributed by atoms with Crippen molar-refractivity contribution in [3.8, 4) is 0 Å². The predicted octanol–water partition coefficient (Wildman–Crippen LogP) is 2.99. The number of amides is 1. The van der Waals surface area contributed by atoms with Crippen LogP contribution in [0.3, 0.4) is 0 Å². The molecule has 0 spiro atoms. The first-order chi connectivity index (χ1) is 12.6. The Morgan fingerprint density at radius 2 is 2.15 bits per heavy atom. The molecule has 1 aliphatic heterocycles. The normalized spacial score (nSPS) is 17.0. The van der Waals surface area contributed by atoms with Crippen LogP contribution in [0.2, 0.25) is 0 Å². The fraction of sp³-hybridized carbons (Fsp3) is 0.526. The van der Waals surface area contributed by atoms with Crippen LogP contribution in [0.15, 0.2) is 35.5 Å². The first kappa shape index (κ1) is 18.9. The third-order valence-corrected chi connectivity index (χ3v) is 5.30. The number of carbonyl (C=O) groups is 1. The predicted molar refractivity (Wildman–Crippen MR) is 102 cm³/mol. The van der Waals surface area contributed by atoms with Gasteiger partial charge in [-0.3, -0.25) is 4.79 Å². The third kappa shape index (κ3) is 5.08. The molecule has 1 atom stereocenters. The molecule has 140 valence electrons. The second-order valence-electron chi connectivity index (χ2n) is 6.79. The van der Waals surface area contributed by atoms with Crippen molar-refractivity contribution in [3.05, 3.63) is 41.7 Å². The van der Waals surface area contributed by atoms with E-state index in [-0.39, 0.29) is 17.9 Å². The van der Waals surface area contributed by atoms with Gasteiger partial charge in [0.05, 0.1) is 18.4 Å². The highest BCUT2D eigenvalue weighted by Gasteiger charge is 2.22. The smallest absolute Gasteiger partial charge is 0.230 e. The Morgan fingerprint density at radius 3 is 2.85 bits per heavy atom. The molecule has 1 fully saturated rings. The van der Waals surface area contributed by atoms with Crippen LogP contribution >= 0.6 is 11.8 Å². The summed E-state index contributed by atoms with van der Waals surface area (Å²) in [5, 5.41) is 12.4. The van der Waals surface area contributed by atoms with Gasteiger partial charge in [0, 0.05) is 19.1 Å². The Hall–Kier alpha value is -1.86. The zero-order valence-electron chi connectivity index (χ0n) is 15.4. The van der Waals surface area contributed by atoms with Crippen LogP contribution in [-0.2, 0) is 22.6 Å². The van der Waals surface area contributed by atoms with E-state index < -0.39 is 0 Å². The molecule has 1 aliphatic rings. The average Bonchev–Trinajstić information content (AvgIpc) is 3.29. The van der Waals surface area contributed by atoms with Crippen LogP contribution < -0.4 is 5.32 Å². The summed E-state index contributed by atoms with van der Waals surface area (Å²) in [4.78, 5) is 12.2. The van der Waals surface area contributed by atoms with Gasteiger partial charge in [0.2, 0.25) is 5.91 Å². The molecule has 7 heteroatoms. The van der Waals surface area contributed by atoms with Crippen molar-refractivity contribution in [2.45, 2.75) is 57.0 Å². The monoisotopic (exact) mass is 374 g/mol. The molecule has 1 N–H and O–H groups in total. The van der Waals surface area contributed by atoms with E-state index in [1.165, 1.54) is 11.8 Å². The van der Waals surface area contributed by atoms with Gasteiger partial charge in [-0.15, -0.1) is 10.2 Å². The SMILES string of the molecule is CC(C)c1nnc(SCC(=O)NCc2ccccc2)n1CC1CCCO1. The number of hydrogen-bond acceptors (Lipinski definition) is 5. The van der Waals surface area contributed by atoms with Crippen molar-refractivity contribution in [2.24, 2.45) is 0 Å². The summed E-state index contributed by atoms with van der Waals surface area (Å²) in [7, 11) is 0. The molecule has 1 amide bonds. The Balaban J connectivity index is 1.57. The van der Waals surface area contributed by atoms with Crippen molar-refractivity contribution in [1.29, 1.82) is 0 Å². The standard InChI is InChI=1S/C19H26N4O2S/c1-14(2)18-21-22-19(23(18)12-16-9-6-10-25-16)26-13-17(24)20-11-15-7-4-3-5-8-15/h3-5,7-8,14,16H,6,9-13H2,1-2H3,(H,20,24). The van der Waals surface area contributed by atoms with Gasteiger partial charge in [-0.05, 0) is 18.4 Å². The van der Waals surface area contributed by atoms with Crippen LogP contribution in [-0.4, -0.2) is 39.1 Å². The van der Waals surface area contributed by atoms with Crippen LogP contribution in [0.1, 0.15) is 44.0 Å². The molecule has 0 bridgehead atoms. The number of aromatic nitrogens is 3. The summed E-state index contributed by atoms with van der Waals surface area (Å²) in [5.41, 5.74) is 1.09. The van der Waals surface area contributed by atoms with Crippen LogP contribution in [0.4, 0.5) is 0 Å². The number of nitrogens with zero attached hydrogens (tertiary/aromatic N) is 3. The molecule has 3 rings (SSSR count). The molecule has 1 saturated heterocycles. The van der Waals surface area contributed by atoms with E-state index in [1.54, 1.807) is 0 Å². The maximum atomic E-state index is 12.2. The van der Waals surface area contributed by atoms with Gasteiger partial charge in [0.25, 0.3) is 0 Å². The molecule has 26 heavy (non-hydrogen) atoms. The molecule has 0 saturated carbocycles. The lowest BCUT2D eigenvalue weighted by molar-refractivity contribution is -0.118. The molecule has 1 aromatic carbocycles. The van der Waals surface area contributed by atoms with E-state index in [2.05, 4.69) is 33.9 Å². The van der Waals surface area contributed by atoms with E-state index in [0.29, 0.717) is 12.3 Å². The van der Waals surface area contributed by atoms with Crippen molar-refractivity contribution in [3.63, 3.8) is 0 Å². The molecular weight excluding hydrogens is 348 g/mol. The summed E-state index contributed by atoms with van der Waals surface area (Å²) in [6.45, 7) is 6.34. The number of ether oxygens (including phenoxy) is 1. The summed E-state index contributed by atoms with van der Waals surface area (Å²) in [6, 6.07) is 9.91. The summed E-state index contributed by atoms with van der Waals surface area (Å²) in [5.74, 6) is 1.56. The van der Waals surface area contributed by atoms with Gasteiger partial charge in [-0.25, -0.2) is 0 Å². The van der Waals surface area contributed by atoms with Gasteiger partial charge < -0.3 is 14.6 Å². The fourth-order valence-corrected chi connectivity index (χ4v) is 3.76. The minimum absolute atomic E-state index is 0.00313. The molecule has 0 aliphatic carbocycles. The number of thioether (sulfide) groups is 1. The molecule has 0 radical (unpaired) electrons. The van der Waals surface area contributed by atoms with E-state index >= 15 is 0 Å². The summed E-state index contributed by atoms with van der Waals surface area (Å²) in [6.07, 6.45) is 2.39. The molecular formula is C19H26N4O2S. The lowest BCUT2D eigenvalue weighted by Crippen LogP contribution is -2.25. The largest absolute Gasteiger partial charge is 0.376 e. The lowest BCUT2D eigenvalue weighted by Gasteiger charge is -2.15. The summed E-state index contributed by atoms with van der Waals surface area (Å²) < 4.78 is 7.89. The van der Waals surface area contributed by atoms with Crippen molar-refractivity contribution >= 4 is 17.7 Å². The maximum Gasteiger partial charge on any atom is 0.230 e. The van der Waals surface area contributed by atoms with Gasteiger partial charge in [0.15, 0.2) is 5.16 Å². The number of rotatable bonds is 8. The minimum atomic E-state index is -0.00313. The van der Waals surface area contributed by atoms with Crippen LogP contribution in [0, 0.1) is 0 Å². The zero-order valence-corrected chi connectivity index (χ0v) is 16.2. The topological polar surface area (TPSA) is 69.0 Å². The quantitative estimate of drug-likeness (QED) is 0.720. The van der Waals surface area contributed by atoms with E-state index in [9.17, 15) is 4.79 Å². The van der Waals surface area contributed by atoms with Crippen molar-refractivity contribution < 1.29 is 9.53 Å². The second kappa shape index (κ2) is 9.19. The Labute approximate surface area is 158 Å². The molecule has 2 heterocycles. The average molecular weight is 375 g/mol. The zero-order chi connectivity index (χ0) is 18.4. The highest BCUT2D eigenvalue weighted by molar-refractivity contribution is 7.99. The Bertz CT molecular complexity index is 712. The number of nitrogens with one attached hydrogen (secondary N) is 1. The van der Waals surface area contributed by atoms with E-state index in [4.69, 9.17) is 4.74 Å². The highest BCUT2D eigenvalue weighted by Crippen LogP contribution is 2.24. The highest BCUT2D eigenvalue weighted by atomic mass is 32.2. The minimum Gasteiger partial charge on any atom is -0.376 e. The first-order valence-corrected chi connectivity index (χ1v) is 10.1. The molecule has 1 unspecified atom stereocenters. The lowest BCUT2D eigenvalue weighted by atomic mass is 10.2. The van der Waals surface area contributed by atoms with Gasteiger partial charge >= 0.3 is 0 Å².